The van der Waals surface area contributed by atoms with Gasteiger partial charge in [0.1, 0.15) is 6.04 Å². The van der Waals surface area contributed by atoms with Gasteiger partial charge in [-0.05, 0) is 54.1 Å². The lowest BCUT2D eigenvalue weighted by atomic mass is 10.0. The number of nitrogens with zero attached hydrogens (tertiary/aromatic N) is 4. The van der Waals surface area contributed by atoms with Gasteiger partial charge in [-0.1, -0.05) is 17.7 Å². The SMILES string of the molecule is O=C(c1ccc(Cl)cc1)N1N=C(c2ccc([N+](=O)[O-])cc2)CC1c1ccccn1. The van der Waals surface area contributed by atoms with Crippen molar-refractivity contribution in [2.45, 2.75) is 12.5 Å². The van der Waals surface area contributed by atoms with E-state index in [0.717, 1.165) is 11.3 Å². The van der Waals surface area contributed by atoms with Crippen LogP contribution in [0.3, 0.4) is 0 Å². The summed E-state index contributed by atoms with van der Waals surface area (Å²) >= 11 is 5.93. The second kappa shape index (κ2) is 7.81. The van der Waals surface area contributed by atoms with Gasteiger partial charge in [-0.25, -0.2) is 5.01 Å². The molecule has 2 aromatic carbocycles. The van der Waals surface area contributed by atoms with Gasteiger partial charge in [0.2, 0.25) is 0 Å². The fourth-order valence-corrected chi connectivity index (χ4v) is 3.30. The van der Waals surface area contributed by atoms with Gasteiger partial charge in [-0.15, -0.1) is 0 Å². The van der Waals surface area contributed by atoms with E-state index >= 15 is 0 Å². The molecule has 0 aliphatic carbocycles. The number of hydrogen-bond acceptors (Lipinski definition) is 5. The van der Waals surface area contributed by atoms with Crippen molar-refractivity contribution >= 4 is 28.9 Å². The molecule has 144 valence electrons. The van der Waals surface area contributed by atoms with Gasteiger partial charge in [0.15, 0.2) is 0 Å². The van der Waals surface area contributed by atoms with Gasteiger partial charge in [0.05, 0.1) is 16.3 Å². The van der Waals surface area contributed by atoms with Gasteiger partial charge in [0, 0.05) is 35.3 Å². The Bertz CT molecular complexity index is 1080. The maximum absolute atomic E-state index is 13.1. The summed E-state index contributed by atoms with van der Waals surface area (Å²) in [7, 11) is 0. The number of hydrogen-bond donors (Lipinski definition) is 0. The quantitative estimate of drug-likeness (QED) is 0.466. The highest BCUT2D eigenvalue weighted by Gasteiger charge is 2.34. The van der Waals surface area contributed by atoms with Crippen LogP contribution in [0.1, 0.15) is 34.1 Å². The summed E-state index contributed by atoms with van der Waals surface area (Å²) in [6, 6.07) is 17.9. The zero-order chi connectivity index (χ0) is 20.4. The molecule has 1 amide bonds. The Hall–Kier alpha value is -3.58. The van der Waals surface area contributed by atoms with Crippen LogP contribution >= 0.6 is 11.6 Å². The zero-order valence-corrected chi connectivity index (χ0v) is 15.9. The van der Waals surface area contributed by atoms with Crippen molar-refractivity contribution in [3.05, 3.63) is 105 Å². The van der Waals surface area contributed by atoms with E-state index in [1.807, 2.05) is 18.2 Å². The van der Waals surface area contributed by atoms with Crippen molar-refractivity contribution in [3.8, 4) is 0 Å². The minimum Gasteiger partial charge on any atom is -0.267 e. The second-order valence-corrected chi connectivity index (χ2v) is 6.92. The summed E-state index contributed by atoms with van der Waals surface area (Å²) in [4.78, 5) is 28.0. The van der Waals surface area contributed by atoms with Crippen molar-refractivity contribution in [1.29, 1.82) is 0 Å². The molecule has 8 heteroatoms. The number of carbonyl (C=O) groups is 1. The first kappa shape index (κ1) is 18.8. The molecule has 1 aliphatic rings. The van der Waals surface area contributed by atoms with Gasteiger partial charge in [-0.2, -0.15) is 5.10 Å². The van der Waals surface area contributed by atoms with Crippen molar-refractivity contribution in [1.82, 2.24) is 9.99 Å². The van der Waals surface area contributed by atoms with Gasteiger partial charge >= 0.3 is 0 Å². The fourth-order valence-electron chi connectivity index (χ4n) is 3.18. The van der Waals surface area contributed by atoms with Gasteiger partial charge < -0.3 is 0 Å². The highest BCUT2D eigenvalue weighted by atomic mass is 35.5. The number of benzene rings is 2. The average molecular weight is 407 g/mol. The Labute approximate surface area is 171 Å². The first-order chi connectivity index (χ1) is 14.0. The number of halogens is 1. The summed E-state index contributed by atoms with van der Waals surface area (Å²) in [5.74, 6) is -0.269. The van der Waals surface area contributed by atoms with E-state index in [-0.39, 0.29) is 17.6 Å². The van der Waals surface area contributed by atoms with Crippen LogP contribution in [0.2, 0.25) is 5.02 Å². The van der Waals surface area contributed by atoms with E-state index in [1.165, 1.54) is 17.1 Å². The molecule has 0 saturated heterocycles. The van der Waals surface area contributed by atoms with Crippen molar-refractivity contribution < 1.29 is 9.72 Å². The first-order valence-electron chi connectivity index (χ1n) is 8.85. The standard InChI is InChI=1S/C21H15ClN4O3/c22-16-8-4-15(5-9-16)21(27)25-20(18-3-1-2-12-23-18)13-19(24-25)14-6-10-17(11-7-14)26(28)29/h1-12,20H,13H2. The van der Waals surface area contributed by atoms with Gasteiger partial charge in [-0.3, -0.25) is 19.9 Å². The molecule has 2 heterocycles. The van der Waals surface area contributed by atoms with E-state index < -0.39 is 4.92 Å². The maximum atomic E-state index is 13.1. The third-order valence-electron chi connectivity index (χ3n) is 4.65. The van der Waals surface area contributed by atoms with Crippen LogP contribution in [-0.4, -0.2) is 26.5 Å². The van der Waals surface area contributed by atoms with E-state index in [2.05, 4.69) is 10.1 Å². The first-order valence-corrected chi connectivity index (χ1v) is 9.23. The molecule has 4 rings (SSSR count). The lowest BCUT2D eigenvalue weighted by Crippen LogP contribution is -2.27. The third kappa shape index (κ3) is 3.86. The third-order valence-corrected chi connectivity index (χ3v) is 4.90. The topological polar surface area (TPSA) is 88.7 Å². The molecule has 1 aliphatic heterocycles. The molecule has 0 fully saturated rings. The number of non-ortho nitro benzene ring substituents is 1. The van der Waals surface area contributed by atoms with Crippen LogP contribution in [0.4, 0.5) is 5.69 Å². The largest absolute Gasteiger partial charge is 0.274 e. The smallest absolute Gasteiger partial charge is 0.267 e. The molecule has 0 spiro atoms. The Balaban J connectivity index is 1.70. The molecular weight excluding hydrogens is 392 g/mol. The summed E-state index contributed by atoms with van der Waals surface area (Å²) < 4.78 is 0. The van der Waals surface area contributed by atoms with Crippen LogP contribution in [0.5, 0.6) is 0 Å². The second-order valence-electron chi connectivity index (χ2n) is 6.48. The molecule has 29 heavy (non-hydrogen) atoms. The zero-order valence-electron chi connectivity index (χ0n) is 15.1. The highest BCUT2D eigenvalue weighted by Crippen LogP contribution is 2.33. The Kier molecular flexibility index (Phi) is 5.05. The number of pyridine rings is 1. The van der Waals surface area contributed by atoms with E-state index in [1.54, 1.807) is 42.6 Å². The fraction of sp³-hybridized carbons (Fsp3) is 0.0952. The molecule has 7 nitrogen and oxygen atoms in total. The van der Waals surface area contributed by atoms with Crippen molar-refractivity contribution in [3.63, 3.8) is 0 Å². The number of aromatic nitrogens is 1. The van der Waals surface area contributed by atoms with E-state index in [4.69, 9.17) is 11.6 Å². The van der Waals surface area contributed by atoms with Crippen LogP contribution in [0.25, 0.3) is 0 Å². The summed E-state index contributed by atoms with van der Waals surface area (Å²) in [6.07, 6.45) is 2.12. The van der Waals surface area contributed by atoms with Crippen LogP contribution in [-0.2, 0) is 0 Å². The highest BCUT2D eigenvalue weighted by molar-refractivity contribution is 6.30. The van der Waals surface area contributed by atoms with Gasteiger partial charge in [0.25, 0.3) is 11.6 Å². The normalized spacial score (nSPS) is 15.8. The maximum Gasteiger partial charge on any atom is 0.274 e. The van der Waals surface area contributed by atoms with Crippen molar-refractivity contribution in [2.75, 3.05) is 0 Å². The average Bonchev–Trinajstić information content (AvgIpc) is 3.20. The summed E-state index contributed by atoms with van der Waals surface area (Å²) in [5.41, 5.74) is 2.57. The number of carbonyl (C=O) groups excluding carboxylic acids is 1. The van der Waals surface area contributed by atoms with Crippen molar-refractivity contribution in [2.24, 2.45) is 5.10 Å². The molecule has 0 N–H and O–H groups in total. The number of hydrazone groups is 1. The van der Waals surface area contributed by atoms with E-state index in [9.17, 15) is 14.9 Å². The molecular formula is C21H15ClN4O3. The predicted octanol–water partition coefficient (Wildman–Crippen LogP) is 4.63. The lowest BCUT2D eigenvalue weighted by Gasteiger charge is -2.21. The molecule has 0 radical (unpaired) electrons. The molecule has 1 aromatic heterocycles. The summed E-state index contributed by atoms with van der Waals surface area (Å²) in [5, 5.41) is 17.4. The Morgan fingerprint density at radius 3 is 2.41 bits per heavy atom. The summed E-state index contributed by atoms with van der Waals surface area (Å²) in [6.45, 7) is 0. The predicted molar refractivity (Wildman–Crippen MR) is 109 cm³/mol. The van der Waals surface area contributed by atoms with Crippen LogP contribution in [0.15, 0.2) is 78.0 Å². The number of rotatable bonds is 4. The molecule has 3 aromatic rings. The molecule has 1 atom stereocenters. The molecule has 1 unspecified atom stereocenters. The monoisotopic (exact) mass is 406 g/mol. The number of nitro benzene ring substituents is 1. The number of nitro groups is 1. The Morgan fingerprint density at radius 1 is 1.07 bits per heavy atom. The Morgan fingerprint density at radius 2 is 1.79 bits per heavy atom. The van der Waals surface area contributed by atoms with E-state index in [0.29, 0.717) is 22.7 Å². The minimum absolute atomic E-state index is 0.00252. The van der Waals surface area contributed by atoms with Crippen LogP contribution in [0, 0.1) is 10.1 Å². The molecule has 0 bridgehead atoms. The molecule has 0 saturated carbocycles. The van der Waals surface area contributed by atoms with Crippen LogP contribution < -0.4 is 0 Å². The minimum atomic E-state index is -0.451. The lowest BCUT2D eigenvalue weighted by molar-refractivity contribution is -0.384. The number of amides is 1.